The fourth-order valence-corrected chi connectivity index (χ4v) is 3.43. The van der Waals surface area contributed by atoms with E-state index in [-0.39, 0.29) is 17.5 Å². The molecule has 2 aromatic carbocycles. The third-order valence-corrected chi connectivity index (χ3v) is 4.73. The molecule has 0 atom stereocenters. The predicted octanol–water partition coefficient (Wildman–Crippen LogP) is 4.51. The number of nitrogens with zero attached hydrogens (tertiary/aromatic N) is 1. The van der Waals surface area contributed by atoms with Gasteiger partial charge in [0, 0.05) is 5.56 Å². The summed E-state index contributed by atoms with van der Waals surface area (Å²) < 4.78 is 49.1. The van der Waals surface area contributed by atoms with Crippen LogP contribution in [-0.4, -0.2) is 25.1 Å². The van der Waals surface area contributed by atoms with Crippen molar-refractivity contribution in [2.75, 3.05) is 19.5 Å². The lowest BCUT2D eigenvalue weighted by Crippen LogP contribution is -2.14. The number of ether oxygens (including phenoxy) is 2. The summed E-state index contributed by atoms with van der Waals surface area (Å²) >= 11 is 0.985. The topological polar surface area (TPSA) is 60.5 Å². The van der Waals surface area contributed by atoms with E-state index in [4.69, 9.17) is 9.47 Å². The molecule has 1 heterocycles. The maximum Gasteiger partial charge on any atom is 0.416 e. The van der Waals surface area contributed by atoms with Crippen LogP contribution in [0.5, 0.6) is 11.5 Å². The van der Waals surface area contributed by atoms with Gasteiger partial charge in [-0.1, -0.05) is 11.3 Å². The van der Waals surface area contributed by atoms with E-state index in [1.165, 1.54) is 20.3 Å². The maximum atomic E-state index is 12.8. The predicted molar refractivity (Wildman–Crippen MR) is 96.5 cm³/mol. The number of methoxy groups -OCH3 is 2. The summed E-state index contributed by atoms with van der Waals surface area (Å²) in [6.45, 7) is 0. The van der Waals surface area contributed by atoms with Crippen LogP contribution in [0.25, 0.3) is 10.2 Å². The van der Waals surface area contributed by atoms with E-state index in [1.807, 2.05) is 0 Å². The van der Waals surface area contributed by atoms with Crippen LogP contribution in [-0.2, 0) is 17.4 Å². The molecular weight excluding hydrogens is 381 g/mol. The van der Waals surface area contributed by atoms with Gasteiger partial charge in [0.2, 0.25) is 5.91 Å². The fourth-order valence-electron chi connectivity index (χ4n) is 2.51. The molecule has 3 rings (SSSR count). The number of amides is 1. The lowest BCUT2D eigenvalue weighted by molar-refractivity contribution is -0.137. The minimum absolute atomic E-state index is 0.00407. The van der Waals surface area contributed by atoms with Gasteiger partial charge in [-0.2, -0.15) is 13.2 Å². The molecule has 0 saturated heterocycles. The quantitative estimate of drug-likeness (QED) is 0.689. The van der Waals surface area contributed by atoms with Crippen molar-refractivity contribution in [3.8, 4) is 11.5 Å². The summed E-state index contributed by atoms with van der Waals surface area (Å²) in [5.41, 5.74) is 0.259. The minimum Gasteiger partial charge on any atom is -0.497 e. The van der Waals surface area contributed by atoms with E-state index >= 15 is 0 Å². The molecule has 1 amide bonds. The molecule has 0 aliphatic heterocycles. The Balaban J connectivity index is 1.78. The van der Waals surface area contributed by atoms with Crippen molar-refractivity contribution in [2.24, 2.45) is 0 Å². The van der Waals surface area contributed by atoms with E-state index in [2.05, 4.69) is 10.3 Å². The van der Waals surface area contributed by atoms with Gasteiger partial charge in [-0.15, -0.1) is 0 Å². The molecule has 0 spiro atoms. The maximum absolute atomic E-state index is 12.8. The summed E-state index contributed by atoms with van der Waals surface area (Å²) in [7, 11) is 3.01. The highest BCUT2D eigenvalue weighted by atomic mass is 32.1. The number of carbonyl (C=O) groups is 1. The van der Waals surface area contributed by atoms with Crippen molar-refractivity contribution in [3.05, 3.63) is 47.5 Å². The van der Waals surface area contributed by atoms with Crippen LogP contribution < -0.4 is 14.8 Å². The number of anilines is 1. The Morgan fingerprint density at radius 2 is 1.93 bits per heavy atom. The van der Waals surface area contributed by atoms with E-state index in [0.717, 1.165) is 23.5 Å². The van der Waals surface area contributed by atoms with E-state index in [0.29, 0.717) is 27.3 Å². The smallest absolute Gasteiger partial charge is 0.416 e. The van der Waals surface area contributed by atoms with E-state index in [9.17, 15) is 18.0 Å². The second kappa shape index (κ2) is 7.43. The molecule has 1 aromatic heterocycles. The number of rotatable bonds is 5. The number of thiazole rings is 1. The van der Waals surface area contributed by atoms with Gasteiger partial charge < -0.3 is 14.8 Å². The van der Waals surface area contributed by atoms with Crippen molar-refractivity contribution in [3.63, 3.8) is 0 Å². The second-order valence-corrected chi connectivity index (χ2v) is 6.63. The first-order valence-corrected chi connectivity index (χ1v) is 8.60. The Kier molecular flexibility index (Phi) is 5.22. The summed E-state index contributed by atoms with van der Waals surface area (Å²) in [5, 5.41) is 2.85. The Labute approximate surface area is 156 Å². The molecule has 0 saturated carbocycles. The SMILES string of the molecule is COc1ccc(OC)c(CC(=O)Nc2nc3ccc(C(F)(F)F)cc3s2)c1. The van der Waals surface area contributed by atoms with E-state index < -0.39 is 11.7 Å². The minimum atomic E-state index is -4.43. The molecule has 3 aromatic rings. The lowest BCUT2D eigenvalue weighted by Gasteiger charge is -2.10. The van der Waals surface area contributed by atoms with Gasteiger partial charge in [0.05, 0.1) is 36.4 Å². The number of alkyl halides is 3. The number of benzene rings is 2. The molecule has 5 nitrogen and oxygen atoms in total. The normalized spacial score (nSPS) is 11.4. The zero-order valence-corrected chi connectivity index (χ0v) is 15.2. The molecule has 0 unspecified atom stereocenters. The van der Waals surface area contributed by atoms with Gasteiger partial charge in [0.15, 0.2) is 5.13 Å². The molecular formula is C18H15F3N2O3S. The van der Waals surface area contributed by atoms with Crippen LogP contribution in [0.4, 0.5) is 18.3 Å². The number of nitrogens with one attached hydrogen (secondary N) is 1. The first-order valence-electron chi connectivity index (χ1n) is 7.78. The molecule has 0 bridgehead atoms. The Bertz CT molecular complexity index is 986. The highest BCUT2D eigenvalue weighted by molar-refractivity contribution is 7.22. The highest BCUT2D eigenvalue weighted by Gasteiger charge is 2.30. The Hall–Kier alpha value is -2.81. The van der Waals surface area contributed by atoms with Crippen LogP contribution in [0.3, 0.4) is 0 Å². The number of fused-ring (bicyclic) bond motifs is 1. The molecule has 0 radical (unpaired) electrons. The average Bonchev–Trinajstić information content (AvgIpc) is 3.01. The monoisotopic (exact) mass is 396 g/mol. The number of carbonyl (C=O) groups excluding carboxylic acids is 1. The number of aromatic nitrogens is 1. The summed E-state index contributed by atoms with van der Waals surface area (Å²) in [6.07, 6.45) is -4.42. The zero-order valence-electron chi connectivity index (χ0n) is 14.4. The van der Waals surface area contributed by atoms with E-state index in [1.54, 1.807) is 18.2 Å². The molecule has 1 N–H and O–H groups in total. The lowest BCUT2D eigenvalue weighted by atomic mass is 10.1. The highest BCUT2D eigenvalue weighted by Crippen LogP contribution is 2.34. The molecule has 27 heavy (non-hydrogen) atoms. The summed E-state index contributed by atoms with van der Waals surface area (Å²) in [4.78, 5) is 16.5. The van der Waals surface area contributed by atoms with Gasteiger partial charge >= 0.3 is 6.18 Å². The number of hydrogen-bond acceptors (Lipinski definition) is 5. The van der Waals surface area contributed by atoms with Crippen LogP contribution in [0.2, 0.25) is 0 Å². The van der Waals surface area contributed by atoms with Crippen molar-refractivity contribution in [1.29, 1.82) is 0 Å². The molecule has 142 valence electrons. The third kappa shape index (κ3) is 4.30. The fraction of sp³-hybridized carbons (Fsp3) is 0.222. The average molecular weight is 396 g/mol. The van der Waals surface area contributed by atoms with Crippen LogP contribution in [0.1, 0.15) is 11.1 Å². The summed E-state index contributed by atoms with van der Waals surface area (Å²) in [6, 6.07) is 8.37. The van der Waals surface area contributed by atoms with Crippen molar-refractivity contribution in [2.45, 2.75) is 12.6 Å². The van der Waals surface area contributed by atoms with Crippen molar-refractivity contribution >= 4 is 32.6 Å². The Morgan fingerprint density at radius 3 is 2.59 bits per heavy atom. The van der Waals surface area contributed by atoms with Crippen molar-refractivity contribution in [1.82, 2.24) is 4.98 Å². The summed E-state index contributed by atoms with van der Waals surface area (Å²) in [5.74, 6) is 0.750. The van der Waals surface area contributed by atoms with Gasteiger partial charge in [0.1, 0.15) is 11.5 Å². The molecule has 0 aliphatic rings. The van der Waals surface area contributed by atoms with Crippen LogP contribution in [0, 0.1) is 0 Å². The molecule has 0 fully saturated rings. The third-order valence-electron chi connectivity index (χ3n) is 3.80. The second-order valence-electron chi connectivity index (χ2n) is 5.60. The van der Waals surface area contributed by atoms with Gasteiger partial charge in [-0.3, -0.25) is 4.79 Å². The van der Waals surface area contributed by atoms with Crippen LogP contribution >= 0.6 is 11.3 Å². The van der Waals surface area contributed by atoms with Gasteiger partial charge in [-0.25, -0.2) is 4.98 Å². The number of hydrogen-bond donors (Lipinski definition) is 1. The van der Waals surface area contributed by atoms with Crippen molar-refractivity contribution < 1.29 is 27.4 Å². The first kappa shape index (κ1) is 19.0. The van der Waals surface area contributed by atoms with Crippen LogP contribution in [0.15, 0.2) is 36.4 Å². The number of halogens is 3. The van der Waals surface area contributed by atoms with Gasteiger partial charge in [0.25, 0.3) is 0 Å². The molecule has 9 heteroatoms. The Morgan fingerprint density at radius 1 is 1.15 bits per heavy atom. The standard InChI is InChI=1S/C18H15F3N2O3S/c1-25-12-4-6-14(26-2)10(7-12)8-16(24)23-17-22-13-5-3-11(18(19,20)21)9-15(13)27-17/h3-7,9H,8H2,1-2H3,(H,22,23,24). The largest absolute Gasteiger partial charge is 0.497 e. The zero-order chi connectivity index (χ0) is 19.6. The first-order chi connectivity index (χ1) is 12.8. The molecule has 0 aliphatic carbocycles. The van der Waals surface area contributed by atoms with Gasteiger partial charge in [-0.05, 0) is 36.4 Å².